The highest BCUT2D eigenvalue weighted by atomic mass is 35.5. The number of carbonyl (C=O) groups is 3. The van der Waals surface area contributed by atoms with Crippen LogP contribution < -0.4 is 20.3 Å². The second-order valence-corrected chi connectivity index (χ2v) is 14.8. The third-order valence-electron chi connectivity index (χ3n) is 10.7. The number of hydrogen-bond acceptors (Lipinski definition) is 7. The minimum absolute atomic E-state index is 0.0482. The number of urea groups is 1. The van der Waals surface area contributed by atoms with Gasteiger partial charge in [-0.15, -0.1) is 0 Å². The summed E-state index contributed by atoms with van der Waals surface area (Å²) < 4.78 is 13.9. The molecule has 0 radical (unpaired) electrons. The zero-order valence-corrected chi connectivity index (χ0v) is 31.0. The van der Waals surface area contributed by atoms with Crippen molar-refractivity contribution in [3.63, 3.8) is 0 Å². The van der Waals surface area contributed by atoms with E-state index >= 15 is 0 Å². The van der Waals surface area contributed by atoms with Gasteiger partial charge in [0.2, 0.25) is 0 Å². The smallest absolute Gasteiger partial charge is 0.326 e. The van der Waals surface area contributed by atoms with Gasteiger partial charge in [-0.1, -0.05) is 24.2 Å². The Labute approximate surface area is 314 Å². The molecule has 0 bridgehead atoms. The van der Waals surface area contributed by atoms with E-state index in [1.807, 2.05) is 36.1 Å². The number of halogens is 1. The quantitative estimate of drug-likeness (QED) is 0.174. The lowest BCUT2D eigenvalue weighted by Crippen LogP contribution is -2.45. The van der Waals surface area contributed by atoms with Crippen molar-refractivity contribution >= 4 is 51.7 Å². The molecule has 0 unspecified atom stereocenters. The van der Waals surface area contributed by atoms with E-state index in [0.29, 0.717) is 89.6 Å². The fraction of sp³-hybridized carbons (Fsp3) is 0.425. The van der Waals surface area contributed by atoms with Gasteiger partial charge in [0.05, 0.1) is 35.1 Å². The van der Waals surface area contributed by atoms with E-state index in [4.69, 9.17) is 26.2 Å². The summed E-state index contributed by atoms with van der Waals surface area (Å²) in [6.07, 6.45) is 8.64. The number of hydrogen-bond donors (Lipinski definition) is 2. The Bertz CT molecular complexity index is 2020. The molecule has 2 N–H and O–H groups in total. The zero-order valence-electron chi connectivity index (χ0n) is 30.3. The number of fused-ring (bicyclic) bond motifs is 1. The Hall–Kier alpha value is -4.94. The lowest BCUT2D eigenvalue weighted by Gasteiger charge is -2.33. The Morgan fingerprint density at radius 3 is 2.47 bits per heavy atom. The van der Waals surface area contributed by atoms with Crippen molar-refractivity contribution in [3.05, 3.63) is 89.0 Å². The van der Waals surface area contributed by atoms with Gasteiger partial charge in [0.1, 0.15) is 11.4 Å². The SMILES string of the molecule is C=C1CCN(c2cc(C(=O)N3CCC(COC[C@H]4CC[C@H](n5cc6cc(NC(=O)c7cccc(C)n7)c(OC)cc6n5)CC4)CC3)ccc2Cl)C(=O)N1. The van der Waals surface area contributed by atoms with E-state index < -0.39 is 0 Å². The number of aromatic nitrogens is 3. The van der Waals surface area contributed by atoms with Gasteiger partial charge in [0, 0.05) is 73.9 Å². The molecule has 53 heavy (non-hydrogen) atoms. The average molecular weight is 740 g/mol. The van der Waals surface area contributed by atoms with Crippen LogP contribution >= 0.6 is 11.6 Å². The number of aryl methyl sites for hydroxylation is 1. The van der Waals surface area contributed by atoms with Crippen molar-refractivity contribution in [2.24, 2.45) is 11.8 Å². The van der Waals surface area contributed by atoms with Gasteiger partial charge in [0.25, 0.3) is 11.8 Å². The number of nitrogens with zero attached hydrogens (tertiary/aromatic N) is 5. The van der Waals surface area contributed by atoms with Crippen LogP contribution in [-0.4, -0.2) is 77.5 Å². The van der Waals surface area contributed by atoms with E-state index in [0.717, 1.165) is 61.7 Å². The summed E-state index contributed by atoms with van der Waals surface area (Å²) in [5.41, 5.74) is 4.27. The summed E-state index contributed by atoms with van der Waals surface area (Å²) >= 11 is 6.44. The van der Waals surface area contributed by atoms with Gasteiger partial charge in [-0.05, 0) is 93.7 Å². The Morgan fingerprint density at radius 1 is 1.00 bits per heavy atom. The summed E-state index contributed by atoms with van der Waals surface area (Å²) in [5, 5.41) is 11.9. The van der Waals surface area contributed by atoms with Gasteiger partial charge in [-0.2, -0.15) is 5.10 Å². The maximum atomic E-state index is 13.4. The van der Waals surface area contributed by atoms with Gasteiger partial charge in [-0.3, -0.25) is 19.2 Å². The number of rotatable bonds is 10. The predicted molar refractivity (Wildman–Crippen MR) is 205 cm³/mol. The van der Waals surface area contributed by atoms with Crippen LogP contribution in [0.25, 0.3) is 10.9 Å². The molecule has 2 aromatic carbocycles. The number of nitrogens with one attached hydrogen (secondary N) is 2. The fourth-order valence-electron chi connectivity index (χ4n) is 7.56. The van der Waals surface area contributed by atoms with Crippen molar-refractivity contribution in [1.29, 1.82) is 0 Å². The van der Waals surface area contributed by atoms with Crippen LogP contribution in [0.15, 0.2) is 67.0 Å². The number of carbonyl (C=O) groups excluding carboxylic acids is 3. The lowest BCUT2D eigenvalue weighted by molar-refractivity contribution is 0.0335. The average Bonchev–Trinajstić information content (AvgIpc) is 3.58. The summed E-state index contributed by atoms with van der Waals surface area (Å²) in [4.78, 5) is 46.6. The molecule has 1 aliphatic carbocycles. The molecule has 3 fully saturated rings. The van der Waals surface area contributed by atoms with Crippen molar-refractivity contribution in [3.8, 4) is 5.75 Å². The molecule has 7 rings (SSSR count). The minimum atomic E-state index is -0.290. The number of likely N-dealkylation sites (tertiary alicyclic amines) is 1. The minimum Gasteiger partial charge on any atom is -0.494 e. The van der Waals surface area contributed by atoms with Gasteiger partial charge < -0.3 is 25.0 Å². The van der Waals surface area contributed by atoms with Gasteiger partial charge in [0.15, 0.2) is 0 Å². The van der Waals surface area contributed by atoms with Crippen molar-refractivity contribution in [2.75, 3.05) is 50.2 Å². The van der Waals surface area contributed by atoms with Crippen LogP contribution in [0.5, 0.6) is 5.75 Å². The standard InChI is InChI=1S/C40H46ClN7O5/c1-25-5-4-6-33(42-25)38(49)44-35-19-30-22-48(45-34(30)21-37(35)52-3)31-10-7-27(8-11-31)23-53-24-28-14-16-46(17-15-28)39(50)29-9-12-32(41)36(20-29)47-18-13-26(2)43-40(47)51/h4-6,9,12,19-22,27-28,31H,2,7-8,10-11,13-18,23-24H2,1,3H3,(H,43,51)(H,44,49)/t27-,31-. The molecule has 2 saturated heterocycles. The number of piperidine rings is 1. The number of amides is 4. The summed E-state index contributed by atoms with van der Waals surface area (Å²) in [5.74, 6) is 1.14. The third-order valence-corrected chi connectivity index (χ3v) is 11.0. The van der Waals surface area contributed by atoms with Crippen LogP contribution in [0, 0.1) is 18.8 Å². The first-order valence-electron chi connectivity index (χ1n) is 18.4. The largest absolute Gasteiger partial charge is 0.494 e. The zero-order chi connectivity index (χ0) is 37.1. The molecule has 4 amide bonds. The second kappa shape index (κ2) is 16.0. The summed E-state index contributed by atoms with van der Waals surface area (Å²) in [6.45, 7) is 8.93. The van der Waals surface area contributed by atoms with E-state index in [9.17, 15) is 14.4 Å². The topological polar surface area (TPSA) is 131 Å². The molecule has 4 heterocycles. The maximum absolute atomic E-state index is 13.4. The molecular weight excluding hydrogens is 694 g/mol. The molecule has 3 aliphatic rings. The summed E-state index contributed by atoms with van der Waals surface area (Å²) in [7, 11) is 1.59. The monoisotopic (exact) mass is 739 g/mol. The summed E-state index contributed by atoms with van der Waals surface area (Å²) in [6, 6.07) is 14.3. The third kappa shape index (κ3) is 8.34. The second-order valence-electron chi connectivity index (χ2n) is 14.4. The van der Waals surface area contributed by atoms with E-state index in [1.165, 1.54) is 0 Å². The normalized spacial score (nSPS) is 19.7. The van der Waals surface area contributed by atoms with Crippen LogP contribution in [0.4, 0.5) is 16.2 Å². The molecule has 0 atom stereocenters. The van der Waals surface area contributed by atoms with Crippen LogP contribution in [0.3, 0.4) is 0 Å². The first-order valence-corrected chi connectivity index (χ1v) is 18.8. The molecule has 278 valence electrons. The highest BCUT2D eigenvalue weighted by Gasteiger charge is 2.29. The highest BCUT2D eigenvalue weighted by molar-refractivity contribution is 6.34. The molecular formula is C40H46ClN7O5. The van der Waals surface area contributed by atoms with Crippen LogP contribution in [-0.2, 0) is 4.74 Å². The van der Waals surface area contributed by atoms with Gasteiger partial charge in [-0.25, -0.2) is 9.78 Å². The van der Waals surface area contributed by atoms with Crippen molar-refractivity contribution in [2.45, 2.75) is 57.9 Å². The lowest BCUT2D eigenvalue weighted by atomic mass is 9.86. The molecule has 13 heteroatoms. The Kier molecular flexibility index (Phi) is 11.0. The number of benzene rings is 2. The highest BCUT2D eigenvalue weighted by Crippen LogP contribution is 2.36. The van der Waals surface area contributed by atoms with Gasteiger partial charge >= 0.3 is 6.03 Å². The molecule has 12 nitrogen and oxygen atoms in total. The number of pyridine rings is 1. The number of anilines is 2. The molecule has 4 aromatic rings. The first kappa shape index (κ1) is 36.4. The van der Waals surface area contributed by atoms with E-state index in [2.05, 4.69) is 33.1 Å². The fourth-order valence-corrected chi connectivity index (χ4v) is 7.78. The molecule has 0 spiro atoms. The van der Waals surface area contributed by atoms with Crippen molar-refractivity contribution in [1.82, 2.24) is 25.0 Å². The molecule has 2 aliphatic heterocycles. The van der Waals surface area contributed by atoms with Crippen LogP contribution in [0.2, 0.25) is 5.02 Å². The molecule has 2 aromatic heterocycles. The Balaban J connectivity index is 0.858. The number of ether oxygens (including phenoxy) is 2. The Morgan fingerprint density at radius 2 is 1.75 bits per heavy atom. The van der Waals surface area contributed by atoms with E-state index in [-0.39, 0.29) is 17.8 Å². The van der Waals surface area contributed by atoms with E-state index in [1.54, 1.807) is 36.3 Å². The van der Waals surface area contributed by atoms with Crippen molar-refractivity contribution < 1.29 is 23.9 Å². The molecule has 1 saturated carbocycles. The number of methoxy groups -OCH3 is 1. The first-order chi connectivity index (χ1) is 25.6. The maximum Gasteiger partial charge on any atom is 0.326 e. The van der Waals surface area contributed by atoms with Crippen LogP contribution in [0.1, 0.15) is 77.5 Å². The predicted octanol–water partition coefficient (Wildman–Crippen LogP) is 7.39.